The number of amides is 2. The highest BCUT2D eigenvalue weighted by atomic mass is 35.5. The average Bonchev–Trinajstić information content (AvgIpc) is 3.26. The topological polar surface area (TPSA) is 186 Å². The highest BCUT2D eigenvalue weighted by Gasteiger charge is 2.58. The Morgan fingerprint density at radius 2 is 2.23 bits per heavy atom. The van der Waals surface area contributed by atoms with Gasteiger partial charge in [0, 0.05) is 46.8 Å². The molecule has 0 aliphatic carbocycles. The van der Waals surface area contributed by atoms with E-state index in [2.05, 4.69) is 20.4 Å². The standard InChI is InChI=1S/C21H23ClFN7O5S4/c22-15-12(28-20(25)38-15)13(29-35-5-2-23)16(31)27-14-17(32)30-8-21(19(33)34,9-37-18(14)30)39-10-1-4-26-7-11(10)36-6-3-24/h1,4,7,14,18H,2-3,5-6,8-9,24H2,(H2,25,28)(H,27,31)(H,33,34)/t14-,18-,21?/m1/s1. The highest BCUT2D eigenvalue weighted by Crippen LogP contribution is 2.48. The number of aromatic nitrogens is 2. The Morgan fingerprint density at radius 3 is 2.90 bits per heavy atom. The zero-order valence-electron chi connectivity index (χ0n) is 20.0. The van der Waals surface area contributed by atoms with Gasteiger partial charge < -0.3 is 31.6 Å². The zero-order chi connectivity index (χ0) is 28.2. The normalized spacial score (nSPS) is 22.7. The third kappa shape index (κ3) is 6.38. The van der Waals surface area contributed by atoms with E-state index in [1.807, 2.05) is 0 Å². The molecule has 0 spiro atoms. The van der Waals surface area contributed by atoms with Gasteiger partial charge in [-0.05, 0) is 6.07 Å². The summed E-state index contributed by atoms with van der Waals surface area (Å²) in [6.45, 7) is -0.844. The fraction of sp³-hybridized carbons (Fsp3) is 0.429. The first-order valence-electron chi connectivity index (χ1n) is 11.3. The van der Waals surface area contributed by atoms with Crippen LogP contribution in [0.15, 0.2) is 33.4 Å². The summed E-state index contributed by atoms with van der Waals surface area (Å²) in [5.74, 6) is -1.51. The first-order chi connectivity index (χ1) is 18.7. The van der Waals surface area contributed by atoms with Gasteiger partial charge in [0.15, 0.2) is 10.8 Å². The van der Waals surface area contributed by atoms with Crippen LogP contribution >= 0.6 is 58.2 Å². The second-order valence-electron chi connectivity index (χ2n) is 8.12. The lowest BCUT2D eigenvalue weighted by molar-refractivity contribution is -0.151. The summed E-state index contributed by atoms with van der Waals surface area (Å²) in [6, 6.07) is 0.797. The van der Waals surface area contributed by atoms with Crippen LogP contribution < -0.4 is 16.8 Å². The van der Waals surface area contributed by atoms with E-state index in [1.54, 1.807) is 18.5 Å². The van der Waals surface area contributed by atoms with Crippen molar-refractivity contribution in [1.82, 2.24) is 20.2 Å². The first-order valence-corrected chi connectivity index (χ1v) is 15.4. The lowest BCUT2D eigenvalue weighted by Gasteiger charge is -2.53. The number of thioether (sulfide) groups is 3. The van der Waals surface area contributed by atoms with Crippen LogP contribution in [0, 0.1) is 0 Å². The van der Waals surface area contributed by atoms with Crippen molar-refractivity contribution in [2.24, 2.45) is 10.9 Å². The van der Waals surface area contributed by atoms with Gasteiger partial charge in [0.1, 0.15) is 39.5 Å². The molecule has 2 fully saturated rings. The maximum absolute atomic E-state index is 13.1. The number of fused-ring (bicyclic) bond motifs is 1. The predicted molar refractivity (Wildman–Crippen MR) is 150 cm³/mol. The van der Waals surface area contributed by atoms with Gasteiger partial charge in [0.2, 0.25) is 5.91 Å². The summed E-state index contributed by atoms with van der Waals surface area (Å²) in [5, 5.41) is 16.0. The van der Waals surface area contributed by atoms with E-state index in [9.17, 15) is 23.9 Å². The van der Waals surface area contributed by atoms with Crippen LogP contribution in [-0.2, 0) is 19.2 Å². The van der Waals surface area contributed by atoms with Crippen LogP contribution in [0.2, 0.25) is 4.34 Å². The molecule has 12 nitrogen and oxygen atoms in total. The zero-order valence-corrected chi connectivity index (χ0v) is 24.1. The van der Waals surface area contributed by atoms with Crippen molar-refractivity contribution in [3.05, 3.63) is 28.5 Å². The number of aliphatic carboxylic acids is 1. The molecule has 6 N–H and O–H groups in total. The Bertz CT molecular complexity index is 1290. The molecule has 4 rings (SSSR count). The molecule has 18 heteroatoms. The van der Waals surface area contributed by atoms with Crippen molar-refractivity contribution >= 4 is 86.9 Å². The molecule has 2 aromatic rings. The van der Waals surface area contributed by atoms with Crippen LogP contribution in [-0.4, -0.2) is 97.5 Å². The van der Waals surface area contributed by atoms with Gasteiger partial charge >= 0.3 is 5.97 Å². The number of carboxylic acids is 1. The van der Waals surface area contributed by atoms with E-state index in [4.69, 9.17) is 27.9 Å². The Morgan fingerprint density at radius 1 is 1.44 bits per heavy atom. The third-order valence-electron chi connectivity index (χ3n) is 5.52. The van der Waals surface area contributed by atoms with Crippen LogP contribution in [0.4, 0.5) is 9.52 Å². The molecule has 0 radical (unpaired) electrons. The van der Waals surface area contributed by atoms with Gasteiger partial charge in [-0.3, -0.25) is 19.4 Å². The number of pyridine rings is 1. The van der Waals surface area contributed by atoms with Crippen molar-refractivity contribution in [3.63, 3.8) is 0 Å². The molecular weight excluding hydrogens is 613 g/mol. The Kier molecular flexibility index (Phi) is 9.82. The number of rotatable bonds is 12. The number of alkyl halides is 1. The van der Waals surface area contributed by atoms with Gasteiger partial charge in [-0.15, -0.1) is 35.3 Å². The SMILES string of the molecule is NCCSc1cnccc1SC1(C(=O)O)CS[C@@H]2[C@H](NC(=O)C(=NOCCF)c3nc(N)sc3Cl)C(=O)N2C1. The van der Waals surface area contributed by atoms with Gasteiger partial charge in [-0.2, -0.15) is 0 Å². The van der Waals surface area contributed by atoms with Crippen LogP contribution in [0.3, 0.4) is 0 Å². The highest BCUT2D eigenvalue weighted by molar-refractivity contribution is 8.05. The summed E-state index contributed by atoms with van der Waals surface area (Å²) < 4.78 is 11.3. The minimum atomic E-state index is -1.32. The van der Waals surface area contributed by atoms with Crippen LogP contribution in [0.5, 0.6) is 0 Å². The minimum absolute atomic E-state index is 0.0580. The largest absolute Gasteiger partial charge is 0.480 e. The number of thiazole rings is 1. The number of anilines is 1. The van der Waals surface area contributed by atoms with Crippen LogP contribution in [0.1, 0.15) is 5.69 Å². The molecule has 2 aliphatic heterocycles. The number of carbonyl (C=O) groups excluding carboxylic acids is 2. The minimum Gasteiger partial charge on any atom is -0.480 e. The maximum atomic E-state index is 13.1. The number of carbonyl (C=O) groups is 3. The van der Waals surface area contributed by atoms with Crippen molar-refractivity contribution in [3.8, 4) is 0 Å². The summed E-state index contributed by atoms with van der Waals surface area (Å²) >= 11 is 10.9. The van der Waals surface area contributed by atoms with E-state index >= 15 is 0 Å². The summed E-state index contributed by atoms with van der Waals surface area (Å²) in [5.41, 5.74) is 10.9. The third-order valence-corrected chi connectivity index (χ3v) is 10.9. The van der Waals surface area contributed by atoms with Crippen molar-refractivity contribution in [1.29, 1.82) is 0 Å². The van der Waals surface area contributed by atoms with Gasteiger partial charge in [0.25, 0.3) is 5.91 Å². The Balaban J connectivity index is 1.48. The second kappa shape index (κ2) is 12.9. The number of nitrogen functional groups attached to an aromatic ring is 1. The molecule has 210 valence electrons. The maximum Gasteiger partial charge on any atom is 0.322 e. The van der Waals surface area contributed by atoms with Crippen LogP contribution in [0.25, 0.3) is 0 Å². The van der Waals surface area contributed by atoms with E-state index in [0.717, 1.165) is 21.1 Å². The molecule has 1 unspecified atom stereocenters. The van der Waals surface area contributed by atoms with E-state index in [0.29, 0.717) is 12.3 Å². The fourth-order valence-corrected chi connectivity index (χ4v) is 8.47. The smallest absolute Gasteiger partial charge is 0.322 e. The molecule has 0 aromatic carbocycles. The molecule has 0 bridgehead atoms. The number of nitrogens with one attached hydrogen (secondary N) is 1. The number of hydrogen-bond donors (Lipinski definition) is 4. The van der Waals surface area contributed by atoms with E-state index < -0.39 is 47.2 Å². The fourth-order valence-electron chi connectivity index (χ4n) is 3.74. The molecule has 2 aliphatic rings. The molecule has 4 heterocycles. The number of carboxylic acid groups (broad SMARTS) is 1. The van der Waals surface area contributed by atoms with Crippen molar-refractivity contribution in [2.75, 3.05) is 43.6 Å². The molecule has 3 atom stereocenters. The number of nitrogens with zero attached hydrogens (tertiary/aromatic N) is 4. The molecule has 2 aromatic heterocycles. The molecular formula is C21H23ClFN7O5S4. The molecule has 0 saturated carbocycles. The second-order valence-corrected chi connectivity index (χ2v) is 13.4. The van der Waals surface area contributed by atoms with Gasteiger partial charge in [0.05, 0.1) is 0 Å². The number of oxime groups is 1. The summed E-state index contributed by atoms with van der Waals surface area (Å²) in [7, 11) is 0. The van der Waals surface area contributed by atoms with Gasteiger partial charge in [-0.25, -0.2) is 9.37 Å². The summed E-state index contributed by atoms with van der Waals surface area (Å²) in [4.78, 5) is 54.6. The number of hydrogen-bond acceptors (Lipinski definition) is 13. The average molecular weight is 636 g/mol. The Labute approximate surface area is 243 Å². The Hall–Kier alpha value is -2.31. The monoisotopic (exact) mass is 635 g/mol. The quantitative estimate of drug-likeness (QED) is 0.0867. The summed E-state index contributed by atoms with van der Waals surface area (Å²) in [6.07, 6.45) is 3.25. The molecule has 2 saturated heterocycles. The lowest BCUT2D eigenvalue weighted by atomic mass is 10.0. The van der Waals surface area contributed by atoms with E-state index in [-0.39, 0.29) is 33.2 Å². The number of β-lactam (4-membered cyclic amide) rings is 1. The van der Waals surface area contributed by atoms with Gasteiger partial charge in [-0.1, -0.05) is 28.1 Å². The van der Waals surface area contributed by atoms with Crippen molar-refractivity contribution in [2.45, 2.75) is 26.0 Å². The lowest BCUT2D eigenvalue weighted by Crippen LogP contribution is -2.74. The first kappa shape index (κ1) is 29.7. The predicted octanol–water partition coefficient (Wildman–Crippen LogP) is 1.53. The number of halogens is 2. The van der Waals surface area contributed by atoms with E-state index in [1.165, 1.54) is 40.2 Å². The number of nitrogens with two attached hydrogens (primary N) is 2. The molecule has 2 amide bonds. The van der Waals surface area contributed by atoms with Crippen molar-refractivity contribution < 1.29 is 28.7 Å². The molecule has 39 heavy (non-hydrogen) atoms.